The third kappa shape index (κ3) is 4.86. The number of nitrogens with one attached hydrogen (secondary N) is 1. The molecule has 0 atom stereocenters. The summed E-state index contributed by atoms with van der Waals surface area (Å²) in [5.74, 6) is 4.23. The number of carbonyl (C=O) groups is 2. The predicted molar refractivity (Wildman–Crippen MR) is 119 cm³/mol. The fourth-order valence-corrected chi connectivity index (χ4v) is 4.01. The molecule has 8 nitrogen and oxygen atoms in total. The van der Waals surface area contributed by atoms with E-state index in [-0.39, 0.29) is 17.6 Å². The lowest BCUT2D eigenvalue weighted by Gasteiger charge is -2.43. The van der Waals surface area contributed by atoms with E-state index in [1.807, 2.05) is 0 Å². The van der Waals surface area contributed by atoms with Crippen LogP contribution in [0.15, 0.2) is 42.5 Å². The minimum atomic E-state index is -0.545. The molecule has 0 saturated carbocycles. The summed E-state index contributed by atoms with van der Waals surface area (Å²) < 4.78 is 19.0. The zero-order chi connectivity index (χ0) is 22.7. The van der Waals surface area contributed by atoms with E-state index in [9.17, 15) is 14.0 Å². The number of carbonyl (C=O) groups excluding carboxylic acids is 2. The molecule has 2 heterocycles. The summed E-state index contributed by atoms with van der Waals surface area (Å²) in [5.41, 5.74) is 3.80. The number of hydrazine groups is 1. The SMILES string of the molecule is NNC(=O)c1ccc(CN(C(=O)N2CCN(C3COC3)CC2)c2ccc(F)c(Cl)c2)cc1. The van der Waals surface area contributed by atoms with Crippen molar-refractivity contribution in [3.05, 3.63) is 64.4 Å². The zero-order valence-corrected chi connectivity index (χ0v) is 18.2. The van der Waals surface area contributed by atoms with Crippen LogP contribution in [0, 0.1) is 5.82 Å². The Hall–Kier alpha value is -2.72. The van der Waals surface area contributed by atoms with Crippen LogP contribution in [0.25, 0.3) is 0 Å². The molecule has 0 aromatic heterocycles. The third-order valence-electron chi connectivity index (χ3n) is 5.86. The quantitative estimate of drug-likeness (QED) is 0.405. The van der Waals surface area contributed by atoms with Crippen molar-refractivity contribution < 1.29 is 18.7 Å². The molecule has 2 saturated heterocycles. The lowest BCUT2D eigenvalue weighted by Crippen LogP contribution is -2.59. The van der Waals surface area contributed by atoms with Crippen molar-refractivity contribution in [2.45, 2.75) is 12.6 Å². The number of urea groups is 1. The second-order valence-electron chi connectivity index (χ2n) is 7.85. The van der Waals surface area contributed by atoms with Crippen LogP contribution in [0.2, 0.25) is 5.02 Å². The number of piperazine rings is 1. The number of hydrogen-bond acceptors (Lipinski definition) is 5. The molecule has 0 radical (unpaired) electrons. The lowest BCUT2D eigenvalue weighted by atomic mass is 10.1. The maximum Gasteiger partial charge on any atom is 0.324 e. The highest BCUT2D eigenvalue weighted by molar-refractivity contribution is 6.31. The van der Waals surface area contributed by atoms with Gasteiger partial charge in [-0.25, -0.2) is 15.0 Å². The Morgan fingerprint density at radius 1 is 1.12 bits per heavy atom. The molecule has 170 valence electrons. The number of amides is 3. The molecule has 2 aliphatic heterocycles. The maximum atomic E-state index is 13.7. The molecule has 32 heavy (non-hydrogen) atoms. The monoisotopic (exact) mass is 461 g/mol. The number of halogens is 2. The molecule has 2 fully saturated rings. The van der Waals surface area contributed by atoms with Crippen LogP contribution in [0.1, 0.15) is 15.9 Å². The summed E-state index contributed by atoms with van der Waals surface area (Å²) in [4.78, 5) is 30.9. The highest BCUT2D eigenvalue weighted by Gasteiger charge is 2.32. The van der Waals surface area contributed by atoms with Gasteiger partial charge in [0.2, 0.25) is 0 Å². The first-order chi connectivity index (χ1) is 15.5. The Morgan fingerprint density at radius 2 is 1.81 bits per heavy atom. The molecule has 2 aromatic rings. The number of nitrogens with zero attached hydrogens (tertiary/aromatic N) is 3. The van der Waals surface area contributed by atoms with Crippen LogP contribution in [0.4, 0.5) is 14.9 Å². The van der Waals surface area contributed by atoms with E-state index >= 15 is 0 Å². The number of benzene rings is 2. The standard InChI is InChI=1S/C22H25ClFN5O3/c23-19-11-17(5-6-20(19)24)29(12-15-1-3-16(4-2-15)21(30)26-25)22(31)28-9-7-27(8-10-28)18-13-32-14-18/h1-6,11,18H,7-10,12-14,25H2,(H,26,30). The Labute approximate surface area is 190 Å². The van der Waals surface area contributed by atoms with Gasteiger partial charge in [0.1, 0.15) is 5.82 Å². The van der Waals surface area contributed by atoms with Crippen molar-refractivity contribution in [1.82, 2.24) is 15.2 Å². The van der Waals surface area contributed by atoms with E-state index in [1.165, 1.54) is 18.2 Å². The maximum absolute atomic E-state index is 13.7. The summed E-state index contributed by atoms with van der Waals surface area (Å²) in [6.07, 6.45) is 0. The first kappa shape index (κ1) is 22.5. The van der Waals surface area contributed by atoms with Gasteiger partial charge in [-0.2, -0.15) is 0 Å². The average Bonchev–Trinajstić information content (AvgIpc) is 2.78. The largest absolute Gasteiger partial charge is 0.378 e. The van der Waals surface area contributed by atoms with Crippen LogP contribution < -0.4 is 16.2 Å². The van der Waals surface area contributed by atoms with Crippen molar-refractivity contribution in [2.75, 3.05) is 44.3 Å². The van der Waals surface area contributed by atoms with Crippen molar-refractivity contribution in [3.63, 3.8) is 0 Å². The van der Waals surface area contributed by atoms with Gasteiger partial charge in [0, 0.05) is 37.4 Å². The molecular weight excluding hydrogens is 437 g/mol. The molecule has 0 spiro atoms. The number of nitrogen functional groups attached to an aromatic ring is 1. The molecule has 0 aliphatic carbocycles. The van der Waals surface area contributed by atoms with Gasteiger partial charge in [-0.05, 0) is 35.9 Å². The molecular formula is C22H25ClFN5O3. The Balaban J connectivity index is 1.52. The van der Waals surface area contributed by atoms with E-state index in [4.69, 9.17) is 22.2 Å². The van der Waals surface area contributed by atoms with E-state index in [1.54, 1.807) is 34.1 Å². The first-order valence-electron chi connectivity index (χ1n) is 10.4. The van der Waals surface area contributed by atoms with Crippen molar-refractivity contribution in [2.24, 2.45) is 5.84 Å². The number of ether oxygens (including phenoxy) is 1. The number of nitrogens with two attached hydrogens (primary N) is 1. The van der Waals surface area contributed by atoms with E-state index in [2.05, 4.69) is 10.3 Å². The smallest absolute Gasteiger partial charge is 0.324 e. The van der Waals surface area contributed by atoms with Gasteiger partial charge in [-0.1, -0.05) is 23.7 Å². The summed E-state index contributed by atoms with van der Waals surface area (Å²) in [5, 5.41) is -0.0509. The van der Waals surface area contributed by atoms with Gasteiger partial charge in [0.25, 0.3) is 5.91 Å². The summed E-state index contributed by atoms with van der Waals surface area (Å²) in [7, 11) is 0. The third-order valence-corrected chi connectivity index (χ3v) is 6.14. The van der Waals surface area contributed by atoms with Gasteiger partial charge < -0.3 is 9.64 Å². The van der Waals surface area contributed by atoms with Crippen LogP contribution in [0.5, 0.6) is 0 Å². The summed E-state index contributed by atoms with van der Waals surface area (Å²) in [6, 6.07) is 11.3. The van der Waals surface area contributed by atoms with Crippen LogP contribution in [-0.2, 0) is 11.3 Å². The predicted octanol–water partition coefficient (Wildman–Crippen LogP) is 2.23. The molecule has 0 bridgehead atoms. The van der Waals surface area contributed by atoms with Gasteiger partial charge in [-0.3, -0.25) is 20.0 Å². The molecule has 2 aromatic carbocycles. The topological polar surface area (TPSA) is 91.1 Å². The lowest BCUT2D eigenvalue weighted by molar-refractivity contribution is -0.0738. The molecule has 3 N–H and O–H groups in total. The van der Waals surface area contributed by atoms with Crippen LogP contribution in [0.3, 0.4) is 0 Å². The van der Waals surface area contributed by atoms with Gasteiger partial charge >= 0.3 is 6.03 Å². The van der Waals surface area contributed by atoms with Gasteiger partial charge in [0.15, 0.2) is 0 Å². The Morgan fingerprint density at radius 3 is 2.38 bits per heavy atom. The van der Waals surface area contributed by atoms with Crippen molar-refractivity contribution in [1.29, 1.82) is 0 Å². The van der Waals surface area contributed by atoms with Crippen LogP contribution >= 0.6 is 11.6 Å². The highest BCUT2D eigenvalue weighted by Crippen LogP contribution is 2.26. The van der Waals surface area contributed by atoms with Crippen molar-refractivity contribution in [3.8, 4) is 0 Å². The Bertz CT molecular complexity index is 978. The fraction of sp³-hybridized carbons (Fsp3) is 0.364. The first-order valence-corrected chi connectivity index (χ1v) is 10.8. The summed E-state index contributed by atoms with van der Waals surface area (Å²) >= 11 is 6.00. The molecule has 2 aliphatic rings. The average molecular weight is 462 g/mol. The van der Waals surface area contributed by atoms with E-state index in [0.717, 1.165) is 31.9 Å². The van der Waals surface area contributed by atoms with Gasteiger partial charge in [0.05, 0.1) is 30.8 Å². The minimum absolute atomic E-state index is 0.0509. The van der Waals surface area contributed by atoms with Crippen molar-refractivity contribution >= 4 is 29.2 Å². The summed E-state index contributed by atoms with van der Waals surface area (Å²) in [6.45, 7) is 4.47. The number of hydrogen-bond donors (Lipinski definition) is 2. The molecule has 3 amide bonds. The fourth-order valence-electron chi connectivity index (χ4n) is 3.83. The number of rotatable bonds is 5. The van der Waals surface area contributed by atoms with Gasteiger partial charge in [-0.15, -0.1) is 0 Å². The second-order valence-corrected chi connectivity index (χ2v) is 8.26. The normalized spacial score (nSPS) is 17.0. The second kappa shape index (κ2) is 9.83. The number of anilines is 1. The van der Waals surface area contributed by atoms with Crippen LogP contribution in [-0.4, -0.2) is 67.2 Å². The molecule has 10 heteroatoms. The minimum Gasteiger partial charge on any atom is -0.378 e. The Kier molecular flexibility index (Phi) is 6.90. The van der Waals surface area contributed by atoms with E-state index in [0.29, 0.717) is 30.4 Å². The van der Waals surface area contributed by atoms with E-state index < -0.39 is 11.7 Å². The molecule has 4 rings (SSSR count). The highest BCUT2D eigenvalue weighted by atomic mass is 35.5. The zero-order valence-electron chi connectivity index (χ0n) is 17.5. The molecule has 0 unspecified atom stereocenters.